The zero-order valence-electron chi connectivity index (χ0n) is 17.2. The van der Waals surface area contributed by atoms with E-state index < -0.39 is 10.0 Å². The Labute approximate surface area is 178 Å². The maximum atomic E-state index is 12.7. The average Bonchev–Trinajstić information content (AvgIpc) is 2.74. The number of rotatable bonds is 12. The fourth-order valence-electron chi connectivity index (χ4n) is 2.66. The van der Waals surface area contributed by atoms with Gasteiger partial charge in [0.1, 0.15) is 5.75 Å². The Morgan fingerprint density at radius 3 is 2.17 bits per heavy atom. The van der Waals surface area contributed by atoms with E-state index in [-0.39, 0.29) is 23.9 Å². The van der Waals surface area contributed by atoms with E-state index in [2.05, 4.69) is 25.4 Å². The highest BCUT2D eigenvalue weighted by molar-refractivity contribution is 7.89. The van der Waals surface area contributed by atoms with Gasteiger partial charge in [-0.25, -0.2) is 8.42 Å². The number of nitrogens with one attached hydrogen (secondary N) is 1. The van der Waals surface area contributed by atoms with E-state index in [0.29, 0.717) is 17.9 Å². The minimum atomic E-state index is -3.67. The van der Waals surface area contributed by atoms with Crippen molar-refractivity contribution in [3.05, 3.63) is 79.4 Å². The normalized spacial score (nSPS) is 11.1. The number of ether oxygens (including phenoxy) is 1. The number of benzene rings is 2. The molecule has 160 valence electrons. The molecule has 0 fully saturated rings. The van der Waals surface area contributed by atoms with Crippen molar-refractivity contribution in [3.63, 3.8) is 0 Å². The molecule has 2 rings (SSSR count). The molecule has 0 aliphatic rings. The van der Waals surface area contributed by atoms with Gasteiger partial charge < -0.3 is 10.1 Å². The molecule has 30 heavy (non-hydrogen) atoms. The smallest absolute Gasteiger partial charge is 0.255 e. The lowest BCUT2D eigenvalue weighted by molar-refractivity contribution is 0.102. The molecule has 0 aliphatic carbocycles. The molecule has 0 saturated carbocycles. The van der Waals surface area contributed by atoms with Crippen LogP contribution in [0.4, 0.5) is 5.69 Å². The van der Waals surface area contributed by atoms with Crippen LogP contribution in [0.25, 0.3) is 0 Å². The Bertz CT molecular complexity index is 942. The number of unbranched alkanes of at least 4 members (excludes halogenated alkanes) is 1. The van der Waals surface area contributed by atoms with Crippen LogP contribution in [0.5, 0.6) is 5.75 Å². The van der Waals surface area contributed by atoms with Gasteiger partial charge in [-0.05, 0) is 55.0 Å². The van der Waals surface area contributed by atoms with E-state index in [1.165, 1.54) is 28.6 Å². The summed E-state index contributed by atoms with van der Waals surface area (Å²) in [7, 11) is -3.67. The largest absolute Gasteiger partial charge is 0.494 e. The summed E-state index contributed by atoms with van der Waals surface area (Å²) in [6.45, 7) is 10.3. The van der Waals surface area contributed by atoms with Gasteiger partial charge in [-0.2, -0.15) is 4.31 Å². The number of sulfonamides is 1. The Morgan fingerprint density at radius 2 is 1.63 bits per heavy atom. The van der Waals surface area contributed by atoms with Gasteiger partial charge in [0.05, 0.1) is 11.5 Å². The lowest BCUT2D eigenvalue weighted by atomic mass is 10.2. The van der Waals surface area contributed by atoms with E-state index in [0.717, 1.165) is 18.6 Å². The fraction of sp³-hybridized carbons (Fsp3) is 0.261. The Balaban J connectivity index is 2.05. The van der Waals surface area contributed by atoms with Crippen molar-refractivity contribution in [2.45, 2.75) is 24.7 Å². The third-order valence-corrected chi connectivity index (χ3v) is 6.14. The highest BCUT2D eigenvalue weighted by atomic mass is 32.2. The summed E-state index contributed by atoms with van der Waals surface area (Å²) in [6, 6.07) is 13.0. The van der Waals surface area contributed by atoms with Crippen molar-refractivity contribution < 1.29 is 17.9 Å². The van der Waals surface area contributed by atoms with Crippen LogP contribution in [-0.2, 0) is 10.0 Å². The van der Waals surface area contributed by atoms with Gasteiger partial charge in [-0.15, -0.1) is 13.2 Å². The fourth-order valence-corrected chi connectivity index (χ4v) is 4.04. The summed E-state index contributed by atoms with van der Waals surface area (Å²) in [5.41, 5.74) is 0.985. The molecule has 2 aromatic carbocycles. The average molecular weight is 429 g/mol. The summed E-state index contributed by atoms with van der Waals surface area (Å²) in [5.74, 6) is 0.434. The van der Waals surface area contributed by atoms with Crippen molar-refractivity contribution in [1.82, 2.24) is 4.31 Å². The summed E-state index contributed by atoms with van der Waals surface area (Å²) in [4.78, 5) is 12.6. The first-order valence-corrected chi connectivity index (χ1v) is 11.2. The maximum absolute atomic E-state index is 12.7. The van der Waals surface area contributed by atoms with Crippen molar-refractivity contribution in [2.75, 3.05) is 25.0 Å². The van der Waals surface area contributed by atoms with Crippen molar-refractivity contribution in [1.29, 1.82) is 0 Å². The molecule has 7 heteroatoms. The van der Waals surface area contributed by atoms with Crippen LogP contribution in [0.15, 0.2) is 78.7 Å². The van der Waals surface area contributed by atoms with Crippen LogP contribution in [0, 0.1) is 0 Å². The minimum Gasteiger partial charge on any atom is -0.494 e. The predicted octanol–water partition coefficient (Wildman–Crippen LogP) is 4.48. The van der Waals surface area contributed by atoms with Gasteiger partial charge in [-0.1, -0.05) is 25.5 Å². The number of carbonyl (C=O) groups excluding carboxylic acids is 1. The molecule has 1 N–H and O–H groups in total. The standard InChI is InChI=1S/C23H28N2O4S/c1-4-7-18-29-21-12-8-19(9-13-21)23(26)24-20-10-14-22(15-11-20)30(27,28)25(16-5-2)17-6-3/h5-6,8-15H,2-4,7,16-18H2,1H3,(H,24,26). The molecule has 2 aromatic rings. The minimum absolute atomic E-state index is 0.137. The summed E-state index contributed by atoms with van der Waals surface area (Å²) >= 11 is 0. The Hall–Kier alpha value is -2.90. The molecule has 0 bridgehead atoms. The SMILES string of the molecule is C=CCN(CC=C)S(=O)(=O)c1ccc(NC(=O)c2ccc(OCCCC)cc2)cc1. The molecule has 0 heterocycles. The van der Waals surface area contributed by atoms with Gasteiger partial charge >= 0.3 is 0 Å². The zero-order valence-corrected chi connectivity index (χ0v) is 18.0. The molecule has 0 saturated heterocycles. The lowest BCUT2D eigenvalue weighted by Crippen LogP contribution is -2.31. The molecule has 0 aromatic heterocycles. The number of amides is 1. The first-order valence-electron chi connectivity index (χ1n) is 9.78. The number of anilines is 1. The van der Waals surface area contributed by atoms with Crippen molar-refractivity contribution in [3.8, 4) is 5.75 Å². The Morgan fingerprint density at radius 1 is 1.03 bits per heavy atom. The molecular formula is C23H28N2O4S. The molecule has 0 atom stereocenters. The molecular weight excluding hydrogens is 400 g/mol. The van der Waals surface area contributed by atoms with Gasteiger partial charge in [-0.3, -0.25) is 4.79 Å². The number of hydrogen-bond donors (Lipinski definition) is 1. The third kappa shape index (κ3) is 6.30. The highest BCUT2D eigenvalue weighted by Gasteiger charge is 2.22. The second kappa shape index (κ2) is 11.3. The monoisotopic (exact) mass is 428 g/mol. The second-order valence-electron chi connectivity index (χ2n) is 6.60. The lowest BCUT2D eigenvalue weighted by Gasteiger charge is -2.19. The molecule has 1 amide bonds. The van der Waals surface area contributed by atoms with Crippen LogP contribution in [0.3, 0.4) is 0 Å². The van der Waals surface area contributed by atoms with Crippen molar-refractivity contribution >= 4 is 21.6 Å². The van der Waals surface area contributed by atoms with E-state index in [9.17, 15) is 13.2 Å². The second-order valence-corrected chi connectivity index (χ2v) is 8.54. The topological polar surface area (TPSA) is 75.7 Å². The van der Waals surface area contributed by atoms with Crippen LogP contribution in [-0.4, -0.2) is 38.3 Å². The summed E-state index contributed by atoms with van der Waals surface area (Å²) in [6.07, 6.45) is 5.08. The molecule has 0 radical (unpaired) electrons. The summed E-state index contributed by atoms with van der Waals surface area (Å²) < 4.78 is 32.3. The molecule has 0 spiro atoms. The van der Waals surface area contributed by atoms with E-state index in [1.54, 1.807) is 36.4 Å². The molecule has 6 nitrogen and oxygen atoms in total. The van der Waals surface area contributed by atoms with Gasteiger partial charge in [0.15, 0.2) is 0 Å². The van der Waals surface area contributed by atoms with Crippen LogP contribution in [0.1, 0.15) is 30.1 Å². The van der Waals surface area contributed by atoms with Gasteiger partial charge in [0.2, 0.25) is 10.0 Å². The van der Waals surface area contributed by atoms with Gasteiger partial charge in [0.25, 0.3) is 5.91 Å². The van der Waals surface area contributed by atoms with Crippen LogP contribution < -0.4 is 10.1 Å². The zero-order chi connectivity index (χ0) is 22.0. The summed E-state index contributed by atoms with van der Waals surface area (Å²) in [5, 5.41) is 2.77. The first-order chi connectivity index (χ1) is 14.4. The number of hydrogen-bond acceptors (Lipinski definition) is 4. The van der Waals surface area contributed by atoms with Gasteiger partial charge in [0, 0.05) is 24.3 Å². The van der Waals surface area contributed by atoms with Crippen LogP contribution in [0.2, 0.25) is 0 Å². The maximum Gasteiger partial charge on any atom is 0.255 e. The molecule has 0 aliphatic heterocycles. The van der Waals surface area contributed by atoms with Crippen molar-refractivity contribution in [2.24, 2.45) is 0 Å². The third-order valence-electron chi connectivity index (χ3n) is 4.30. The first kappa shape index (κ1) is 23.4. The van der Waals surface area contributed by atoms with E-state index in [1.807, 2.05) is 0 Å². The molecule has 0 unspecified atom stereocenters. The Kier molecular flexibility index (Phi) is 8.83. The predicted molar refractivity (Wildman–Crippen MR) is 120 cm³/mol. The van der Waals surface area contributed by atoms with E-state index >= 15 is 0 Å². The number of nitrogens with zero attached hydrogens (tertiary/aromatic N) is 1. The number of carbonyl (C=O) groups is 1. The quantitative estimate of drug-likeness (QED) is 0.399. The highest BCUT2D eigenvalue weighted by Crippen LogP contribution is 2.20. The van der Waals surface area contributed by atoms with E-state index in [4.69, 9.17) is 4.74 Å². The van der Waals surface area contributed by atoms with Crippen LogP contribution >= 0.6 is 0 Å².